The first kappa shape index (κ1) is 13.1. The molecule has 1 N–H and O–H groups in total. The minimum Gasteiger partial charge on any atom is -0.449 e. The maximum absolute atomic E-state index is 11.7. The number of carbonyl (C=O) groups is 1. The fourth-order valence-electron chi connectivity index (χ4n) is 1.22. The Hall–Kier alpha value is -1.34. The molecule has 0 radical (unpaired) electrons. The van der Waals surface area contributed by atoms with Crippen LogP contribution in [0.1, 0.15) is 16.1 Å². The van der Waals surface area contributed by atoms with E-state index in [-0.39, 0.29) is 5.91 Å². The lowest BCUT2D eigenvalue weighted by atomic mass is 10.2. The highest BCUT2D eigenvalue weighted by Gasteiger charge is 2.03. The minimum atomic E-state index is -0.302. The van der Waals surface area contributed by atoms with E-state index in [1.54, 1.807) is 30.3 Å². The average molecular weight is 375 g/mol. The van der Waals surface area contributed by atoms with E-state index < -0.39 is 0 Å². The third-order valence-electron chi connectivity index (χ3n) is 2.06. The van der Waals surface area contributed by atoms with Crippen molar-refractivity contribution in [3.05, 3.63) is 56.5 Å². The van der Waals surface area contributed by atoms with Gasteiger partial charge in [-0.1, -0.05) is 11.6 Å². The molecule has 4 nitrogen and oxygen atoms in total. The average Bonchev–Trinajstić information content (AvgIpc) is 2.76. The van der Waals surface area contributed by atoms with Gasteiger partial charge in [0, 0.05) is 10.6 Å². The fraction of sp³-hybridized carbons (Fsp3) is 0. The maximum atomic E-state index is 11.7. The van der Waals surface area contributed by atoms with E-state index in [9.17, 15) is 4.79 Å². The van der Waals surface area contributed by atoms with Gasteiger partial charge in [-0.05, 0) is 59.0 Å². The molecule has 0 spiro atoms. The van der Waals surface area contributed by atoms with Crippen molar-refractivity contribution in [1.82, 2.24) is 5.43 Å². The van der Waals surface area contributed by atoms with Crippen LogP contribution < -0.4 is 5.43 Å². The largest absolute Gasteiger partial charge is 0.449 e. The first-order valence-electron chi connectivity index (χ1n) is 4.99. The molecular formula is C12H8ClIN2O2. The number of furan rings is 1. The monoisotopic (exact) mass is 374 g/mol. The topological polar surface area (TPSA) is 54.6 Å². The first-order valence-corrected chi connectivity index (χ1v) is 6.45. The van der Waals surface area contributed by atoms with Crippen LogP contribution in [0.4, 0.5) is 0 Å². The van der Waals surface area contributed by atoms with Crippen molar-refractivity contribution >= 4 is 46.3 Å². The second-order valence-electron chi connectivity index (χ2n) is 3.35. The zero-order valence-corrected chi connectivity index (χ0v) is 12.0. The summed E-state index contributed by atoms with van der Waals surface area (Å²) in [6.07, 6.45) is 1.44. The quantitative estimate of drug-likeness (QED) is 0.509. The number of carbonyl (C=O) groups excluding carboxylic acids is 1. The summed E-state index contributed by atoms with van der Waals surface area (Å²) < 4.78 is 6.02. The summed E-state index contributed by atoms with van der Waals surface area (Å²) in [5.74, 6) is 0.278. The maximum Gasteiger partial charge on any atom is 0.271 e. The van der Waals surface area contributed by atoms with Gasteiger partial charge in [0.2, 0.25) is 0 Å². The van der Waals surface area contributed by atoms with Crippen LogP contribution in [0, 0.1) is 3.77 Å². The van der Waals surface area contributed by atoms with Crippen molar-refractivity contribution < 1.29 is 9.21 Å². The normalized spacial score (nSPS) is 10.8. The van der Waals surface area contributed by atoms with Gasteiger partial charge in [-0.15, -0.1) is 0 Å². The van der Waals surface area contributed by atoms with Crippen molar-refractivity contribution in [3.8, 4) is 0 Å². The highest BCUT2D eigenvalue weighted by Crippen LogP contribution is 2.09. The smallest absolute Gasteiger partial charge is 0.271 e. The van der Waals surface area contributed by atoms with Gasteiger partial charge in [-0.25, -0.2) is 5.43 Å². The number of halogens is 2. The second-order valence-corrected chi connectivity index (χ2v) is 4.85. The van der Waals surface area contributed by atoms with Crippen LogP contribution in [0.25, 0.3) is 0 Å². The summed E-state index contributed by atoms with van der Waals surface area (Å²) in [4.78, 5) is 11.7. The number of amides is 1. The number of nitrogens with zero attached hydrogens (tertiary/aromatic N) is 1. The fourth-order valence-corrected chi connectivity index (χ4v) is 1.78. The summed E-state index contributed by atoms with van der Waals surface area (Å²) in [5, 5.41) is 4.38. The van der Waals surface area contributed by atoms with Crippen molar-refractivity contribution in [3.63, 3.8) is 0 Å². The summed E-state index contributed by atoms with van der Waals surface area (Å²) in [5.41, 5.74) is 2.89. The lowest BCUT2D eigenvalue weighted by Gasteiger charge is -1.98. The van der Waals surface area contributed by atoms with Gasteiger partial charge in [0.25, 0.3) is 5.91 Å². The SMILES string of the molecule is O=C(NN=Cc1ccc(I)o1)c1ccc(Cl)cc1. The third-order valence-corrected chi connectivity index (χ3v) is 2.89. The van der Waals surface area contributed by atoms with Gasteiger partial charge in [-0.2, -0.15) is 5.10 Å². The number of benzene rings is 1. The molecule has 1 amide bonds. The first-order chi connectivity index (χ1) is 8.65. The van der Waals surface area contributed by atoms with E-state index >= 15 is 0 Å². The van der Waals surface area contributed by atoms with Gasteiger partial charge >= 0.3 is 0 Å². The molecular weight excluding hydrogens is 367 g/mol. The predicted octanol–water partition coefficient (Wildman–Crippen LogP) is 3.30. The Labute approximate surface area is 122 Å². The molecule has 0 aliphatic carbocycles. The van der Waals surface area contributed by atoms with Crippen LogP contribution in [-0.4, -0.2) is 12.1 Å². The van der Waals surface area contributed by atoms with Gasteiger partial charge in [0.1, 0.15) is 5.76 Å². The summed E-state index contributed by atoms with van der Waals surface area (Å²) >= 11 is 7.78. The number of hydrazone groups is 1. The van der Waals surface area contributed by atoms with E-state index in [4.69, 9.17) is 16.0 Å². The molecule has 0 aliphatic rings. The summed E-state index contributed by atoms with van der Waals surface area (Å²) in [6.45, 7) is 0. The Balaban J connectivity index is 1.96. The van der Waals surface area contributed by atoms with Crippen LogP contribution in [0.2, 0.25) is 5.02 Å². The van der Waals surface area contributed by atoms with Crippen LogP contribution in [0.5, 0.6) is 0 Å². The van der Waals surface area contributed by atoms with Crippen molar-refractivity contribution in [2.24, 2.45) is 5.10 Å². The Morgan fingerprint density at radius 2 is 2.00 bits per heavy atom. The molecule has 92 valence electrons. The van der Waals surface area contributed by atoms with Crippen LogP contribution >= 0.6 is 34.2 Å². The Bertz CT molecular complexity index is 578. The Kier molecular flexibility index (Phi) is 4.38. The molecule has 0 fully saturated rings. The van der Waals surface area contributed by atoms with Crippen LogP contribution in [0.3, 0.4) is 0 Å². The van der Waals surface area contributed by atoms with Gasteiger partial charge in [0.15, 0.2) is 3.77 Å². The zero-order chi connectivity index (χ0) is 13.0. The summed E-state index contributed by atoms with van der Waals surface area (Å²) in [7, 11) is 0. The number of hydrogen-bond donors (Lipinski definition) is 1. The summed E-state index contributed by atoms with van der Waals surface area (Å²) in [6, 6.07) is 10.1. The zero-order valence-electron chi connectivity index (χ0n) is 9.06. The van der Waals surface area contributed by atoms with Gasteiger partial charge in [-0.3, -0.25) is 4.79 Å². The highest BCUT2D eigenvalue weighted by molar-refractivity contribution is 14.1. The molecule has 2 rings (SSSR count). The van der Waals surface area contributed by atoms with E-state index in [2.05, 4.69) is 10.5 Å². The highest BCUT2D eigenvalue weighted by atomic mass is 127. The molecule has 0 unspecified atom stereocenters. The predicted molar refractivity (Wildman–Crippen MR) is 77.9 cm³/mol. The van der Waals surface area contributed by atoms with Gasteiger partial charge in [0.05, 0.1) is 6.21 Å². The number of rotatable bonds is 3. The van der Waals surface area contributed by atoms with E-state index in [0.717, 1.165) is 3.77 Å². The molecule has 2 aromatic rings. The lowest BCUT2D eigenvalue weighted by molar-refractivity contribution is 0.0955. The third kappa shape index (κ3) is 3.58. The molecule has 1 heterocycles. The van der Waals surface area contributed by atoms with E-state index in [0.29, 0.717) is 16.3 Å². The molecule has 0 atom stereocenters. The molecule has 0 saturated carbocycles. The Morgan fingerprint density at radius 3 is 2.61 bits per heavy atom. The van der Waals surface area contributed by atoms with Gasteiger partial charge < -0.3 is 4.42 Å². The molecule has 0 aliphatic heterocycles. The van der Waals surface area contributed by atoms with E-state index in [1.165, 1.54) is 6.21 Å². The molecule has 1 aromatic carbocycles. The standard InChI is InChI=1S/C12H8ClIN2O2/c13-9-3-1-8(2-4-9)12(17)16-15-7-10-5-6-11(14)18-10/h1-7H,(H,16,17). The van der Waals surface area contributed by atoms with E-state index in [1.807, 2.05) is 28.7 Å². The number of hydrogen-bond acceptors (Lipinski definition) is 3. The lowest BCUT2D eigenvalue weighted by Crippen LogP contribution is -2.17. The van der Waals surface area contributed by atoms with Crippen LogP contribution in [0.15, 0.2) is 45.9 Å². The molecule has 0 bridgehead atoms. The Morgan fingerprint density at radius 1 is 1.28 bits per heavy atom. The number of nitrogens with one attached hydrogen (secondary N) is 1. The molecule has 1 aromatic heterocycles. The van der Waals surface area contributed by atoms with Crippen molar-refractivity contribution in [2.45, 2.75) is 0 Å². The minimum absolute atomic E-state index is 0.302. The molecule has 18 heavy (non-hydrogen) atoms. The molecule has 6 heteroatoms. The van der Waals surface area contributed by atoms with Crippen molar-refractivity contribution in [2.75, 3.05) is 0 Å². The van der Waals surface area contributed by atoms with Crippen LogP contribution in [-0.2, 0) is 0 Å². The molecule has 0 saturated heterocycles. The van der Waals surface area contributed by atoms with Crippen molar-refractivity contribution in [1.29, 1.82) is 0 Å². The second kappa shape index (κ2) is 6.01.